The van der Waals surface area contributed by atoms with Crippen molar-refractivity contribution < 1.29 is 9.90 Å². The molecule has 0 aliphatic heterocycles. The van der Waals surface area contributed by atoms with Crippen molar-refractivity contribution in [2.45, 2.75) is 6.54 Å². The van der Waals surface area contributed by atoms with Crippen LogP contribution < -0.4 is 5.73 Å². The van der Waals surface area contributed by atoms with E-state index in [2.05, 4.69) is 5.10 Å². The van der Waals surface area contributed by atoms with Crippen molar-refractivity contribution in [2.75, 3.05) is 5.73 Å². The van der Waals surface area contributed by atoms with Gasteiger partial charge < -0.3 is 10.8 Å². The third-order valence-corrected chi connectivity index (χ3v) is 1.03. The van der Waals surface area contributed by atoms with Gasteiger partial charge in [-0.25, -0.2) is 4.68 Å². The molecule has 1 heterocycles. The molecule has 5 nitrogen and oxygen atoms in total. The van der Waals surface area contributed by atoms with Crippen molar-refractivity contribution in [3.63, 3.8) is 0 Å². The molecule has 0 atom stereocenters. The van der Waals surface area contributed by atoms with Gasteiger partial charge in [0.05, 0.1) is 6.20 Å². The zero-order chi connectivity index (χ0) is 7.56. The fraction of sp³-hybridized carbons (Fsp3) is 0.200. The minimum Gasteiger partial charge on any atom is -0.480 e. The van der Waals surface area contributed by atoms with Crippen molar-refractivity contribution in [3.05, 3.63) is 12.3 Å². The summed E-state index contributed by atoms with van der Waals surface area (Å²) in [6, 6.07) is 1.54. The molecule has 3 N–H and O–H groups in total. The minimum absolute atomic E-state index is 0.182. The SMILES string of the molecule is Nc1ccnn1CC(=O)O. The molecule has 10 heavy (non-hydrogen) atoms. The second kappa shape index (κ2) is 2.38. The normalized spacial score (nSPS) is 9.60. The number of carboxylic acid groups (broad SMARTS) is 1. The maximum atomic E-state index is 10.1. The van der Waals surface area contributed by atoms with Crippen LogP contribution in [0.2, 0.25) is 0 Å². The zero-order valence-corrected chi connectivity index (χ0v) is 5.19. The fourth-order valence-corrected chi connectivity index (χ4v) is 0.603. The minimum atomic E-state index is -0.949. The number of nitrogens with two attached hydrogens (primary N) is 1. The Morgan fingerprint density at radius 3 is 3.00 bits per heavy atom. The van der Waals surface area contributed by atoms with Crippen molar-refractivity contribution in [1.82, 2.24) is 9.78 Å². The number of aliphatic carboxylic acids is 1. The van der Waals surface area contributed by atoms with Gasteiger partial charge in [-0.05, 0) is 6.07 Å². The van der Waals surface area contributed by atoms with Crippen LogP contribution in [0.4, 0.5) is 5.82 Å². The Balaban J connectivity index is 2.74. The molecule has 0 unspecified atom stereocenters. The number of nitrogen functional groups attached to an aromatic ring is 1. The summed E-state index contributed by atoms with van der Waals surface area (Å²) < 4.78 is 1.21. The molecule has 0 saturated carbocycles. The van der Waals surface area contributed by atoms with E-state index in [4.69, 9.17) is 10.8 Å². The number of aromatic nitrogens is 2. The van der Waals surface area contributed by atoms with Gasteiger partial charge in [0.1, 0.15) is 12.4 Å². The van der Waals surface area contributed by atoms with Gasteiger partial charge in [0.15, 0.2) is 0 Å². The summed E-state index contributed by atoms with van der Waals surface area (Å²) in [4.78, 5) is 10.1. The van der Waals surface area contributed by atoms with Gasteiger partial charge in [0.2, 0.25) is 0 Å². The first-order valence-electron chi connectivity index (χ1n) is 2.69. The first-order valence-corrected chi connectivity index (χ1v) is 2.69. The lowest BCUT2D eigenvalue weighted by Gasteiger charge is -1.96. The third kappa shape index (κ3) is 1.25. The summed E-state index contributed by atoms with van der Waals surface area (Å²) in [6.45, 7) is -0.182. The molecule has 1 rings (SSSR count). The molecule has 54 valence electrons. The Kier molecular flexibility index (Phi) is 1.57. The maximum absolute atomic E-state index is 10.1. The largest absolute Gasteiger partial charge is 0.480 e. The van der Waals surface area contributed by atoms with Crippen molar-refractivity contribution in [3.8, 4) is 0 Å². The van der Waals surface area contributed by atoms with Crippen LogP contribution in [0.1, 0.15) is 0 Å². The quantitative estimate of drug-likeness (QED) is 0.584. The predicted molar refractivity (Wildman–Crippen MR) is 34.3 cm³/mol. The second-order valence-corrected chi connectivity index (χ2v) is 1.81. The molecular weight excluding hydrogens is 134 g/mol. The van der Waals surface area contributed by atoms with Crippen LogP contribution in [0.5, 0.6) is 0 Å². The highest BCUT2D eigenvalue weighted by Gasteiger charge is 2.01. The molecule has 0 aliphatic carbocycles. The lowest BCUT2D eigenvalue weighted by Crippen LogP contribution is -2.12. The van der Waals surface area contributed by atoms with Crippen LogP contribution in [-0.4, -0.2) is 20.9 Å². The summed E-state index contributed by atoms with van der Waals surface area (Å²) in [5.74, 6) is -0.585. The second-order valence-electron chi connectivity index (χ2n) is 1.81. The monoisotopic (exact) mass is 141 g/mol. The van der Waals surface area contributed by atoms with Crippen LogP contribution in [0.15, 0.2) is 12.3 Å². The highest BCUT2D eigenvalue weighted by molar-refractivity contribution is 5.66. The Hall–Kier alpha value is -1.52. The maximum Gasteiger partial charge on any atom is 0.325 e. The molecule has 0 aliphatic rings. The average Bonchev–Trinajstić information content (AvgIpc) is 2.15. The van der Waals surface area contributed by atoms with Gasteiger partial charge in [-0.2, -0.15) is 5.10 Å². The first kappa shape index (κ1) is 6.60. The van der Waals surface area contributed by atoms with E-state index in [1.165, 1.54) is 10.9 Å². The molecule has 0 fully saturated rings. The molecule has 1 aromatic rings. The third-order valence-electron chi connectivity index (χ3n) is 1.03. The molecule has 0 bridgehead atoms. The van der Waals surface area contributed by atoms with Crippen molar-refractivity contribution in [1.29, 1.82) is 0 Å². The van der Waals surface area contributed by atoms with E-state index in [1.54, 1.807) is 6.07 Å². The molecule has 1 aromatic heterocycles. The number of nitrogens with zero attached hydrogens (tertiary/aromatic N) is 2. The van der Waals surface area contributed by atoms with Gasteiger partial charge in [-0.15, -0.1) is 0 Å². The van der Waals surface area contributed by atoms with E-state index < -0.39 is 5.97 Å². The Labute approximate surface area is 57.1 Å². The number of hydrogen-bond acceptors (Lipinski definition) is 3. The van der Waals surface area contributed by atoms with Crippen LogP contribution in [0, 0.1) is 0 Å². The molecule has 5 heteroatoms. The van der Waals surface area contributed by atoms with Crippen LogP contribution in [-0.2, 0) is 11.3 Å². The number of carbonyl (C=O) groups is 1. The van der Waals surface area contributed by atoms with Crippen LogP contribution in [0.3, 0.4) is 0 Å². The Morgan fingerprint density at radius 2 is 2.60 bits per heavy atom. The number of anilines is 1. The summed E-state index contributed by atoms with van der Waals surface area (Å²) in [7, 11) is 0. The predicted octanol–water partition coefficient (Wildman–Crippen LogP) is -0.450. The van der Waals surface area contributed by atoms with Gasteiger partial charge >= 0.3 is 5.97 Å². The number of hydrogen-bond donors (Lipinski definition) is 2. The summed E-state index contributed by atoms with van der Waals surface area (Å²) in [5.41, 5.74) is 5.33. The van der Waals surface area contributed by atoms with Crippen LogP contribution >= 0.6 is 0 Å². The van der Waals surface area contributed by atoms with E-state index in [0.29, 0.717) is 5.82 Å². The van der Waals surface area contributed by atoms with E-state index in [9.17, 15) is 4.79 Å². The highest BCUT2D eigenvalue weighted by Crippen LogP contribution is 1.97. The summed E-state index contributed by atoms with van der Waals surface area (Å²) in [5, 5.41) is 12.0. The van der Waals surface area contributed by atoms with Gasteiger partial charge in [0, 0.05) is 0 Å². The molecule has 0 amide bonds. The fourth-order valence-electron chi connectivity index (χ4n) is 0.603. The van der Waals surface area contributed by atoms with E-state index >= 15 is 0 Å². The van der Waals surface area contributed by atoms with E-state index in [1.807, 2.05) is 0 Å². The topological polar surface area (TPSA) is 81.1 Å². The van der Waals surface area contributed by atoms with Crippen molar-refractivity contribution >= 4 is 11.8 Å². The van der Waals surface area contributed by atoms with Gasteiger partial charge in [-0.3, -0.25) is 4.79 Å². The lowest BCUT2D eigenvalue weighted by atomic mass is 10.6. The van der Waals surface area contributed by atoms with Gasteiger partial charge in [0.25, 0.3) is 0 Å². The Bertz CT molecular complexity index is 243. The lowest BCUT2D eigenvalue weighted by molar-refractivity contribution is -0.137. The summed E-state index contributed by atoms with van der Waals surface area (Å²) in [6.07, 6.45) is 1.46. The molecule has 0 radical (unpaired) electrons. The van der Waals surface area contributed by atoms with E-state index in [-0.39, 0.29) is 6.54 Å². The average molecular weight is 141 g/mol. The molecule has 0 aromatic carbocycles. The molecule has 0 saturated heterocycles. The zero-order valence-electron chi connectivity index (χ0n) is 5.19. The molecular formula is C5H7N3O2. The molecule has 0 spiro atoms. The Morgan fingerprint density at radius 1 is 1.90 bits per heavy atom. The van der Waals surface area contributed by atoms with E-state index in [0.717, 1.165) is 0 Å². The standard InChI is InChI=1S/C5H7N3O2/c6-4-1-2-7-8(4)3-5(9)10/h1-2H,3,6H2,(H,9,10). The first-order chi connectivity index (χ1) is 4.70. The van der Waals surface area contributed by atoms with Crippen molar-refractivity contribution in [2.24, 2.45) is 0 Å². The number of rotatable bonds is 2. The summed E-state index contributed by atoms with van der Waals surface area (Å²) >= 11 is 0. The number of carboxylic acids is 1. The highest BCUT2D eigenvalue weighted by atomic mass is 16.4. The smallest absolute Gasteiger partial charge is 0.325 e. The van der Waals surface area contributed by atoms with Crippen LogP contribution in [0.25, 0.3) is 0 Å². The van der Waals surface area contributed by atoms with Gasteiger partial charge in [-0.1, -0.05) is 0 Å².